The Hall–Kier alpha value is -3.02. The molecule has 150 valence electrons. The van der Waals surface area contributed by atoms with Crippen molar-refractivity contribution in [2.75, 3.05) is 26.1 Å². The average Bonchev–Trinajstić information content (AvgIpc) is 2.70. The number of nitrogens with one attached hydrogen (secondary N) is 2. The summed E-state index contributed by atoms with van der Waals surface area (Å²) in [7, 11) is 5.54. The largest absolute Gasteiger partial charge is 0.497 e. The van der Waals surface area contributed by atoms with E-state index in [9.17, 15) is 9.59 Å². The molecule has 0 radical (unpaired) electrons. The number of carbonyl (C=O) groups is 2. The molecule has 6 nitrogen and oxygen atoms in total. The van der Waals surface area contributed by atoms with E-state index in [1.54, 1.807) is 31.4 Å². The number of rotatable bonds is 8. The Morgan fingerprint density at radius 1 is 1.00 bits per heavy atom. The van der Waals surface area contributed by atoms with Crippen molar-refractivity contribution >= 4 is 17.5 Å². The average molecular weight is 383 g/mol. The molecule has 2 N–H and O–H groups in total. The number of hydrogen-bond acceptors (Lipinski definition) is 4. The number of anilines is 1. The zero-order chi connectivity index (χ0) is 20.7. The second kappa shape index (κ2) is 9.78. The van der Waals surface area contributed by atoms with Gasteiger partial charge in [0.1, 0.15) is 11.8 Å². The summed E-state index contributed by atoms with van der Waals surface area (Å²) in [6.45, 7) is 4.23. The first kappa shape index (κ1) is 21.3. The Kier molecular flexibility index (Phi) is 7.44. The third-order valence-corrected chi connectivity index (χ3v) is 4.51. The lowest BCUT2D eigenvalue weighted by Crippen LogP contribution is -2.49. The minimum atomic E-state index is -0.615. The van der Waals surface area contributed by atoms with Gasteiger partial charge in [-0.3, -0.25) is 9.59 Å². The van der Waals surface area contributed by atoms with Crippen LogP contribution >= 0.6 is 0 Å². The molecule has 0 aromatic heterocycles. The van der Waals surface area contributed by atoms with Crippen LogP contribution < -0.4 is 20.3 Å². The predicted molar refractivity (Wildman–Crippen MR) is 112 cm³/mol. The minimum absolute atomic E-state index is 0.0432. The molecule has 0 bridgehead atoms. The molecule has 2 aromatic carbocycles. The standard InChI is InChI=1S/C22H29N3O3/c1-15(2)20(24-21(26)17-8-12-19(28-5)13-9-17)22(27)23-14-16-6-10-18(11-7-16)25(3)4/h6-13,15,20H,14H2,1-5H3,(H,23,27)(H,24,26)/t20-/m0/s1. The molecule has 0 fully saturated rings. The molecule has 0 aliphatic heterocycles. The van der Waals surface area contributed by atoms with Crippen LogP contribution in [0.3, 0.4) is 0 Å². The Labute approximate surface area is 166 Å². The summed E-state index contributed by atoms with van der Waals surface area (Å²) in [5.74, 6) is 0.147. The highest BCUT2D eigenvalue weighted by Crippen LogP contribution is 2.13. The van der Waals surface area contributed by atoms with E-state index in [0.29, 0.717) is 17.9 Å². The fourth-order valence-corrected chi connectivity index (χ4v) is 2.71. The maximum atomic E-state index is 12.6. The number of hydrogen-bond donors (Lipinski definition) is 2. The second-order valence-electron chi connectivity index (χ2n) is 7.20. The molecule has 0 spiro atoms. The SMILES string of the molecule is COc1ccc(C(=O)N[C@H](C(=O)NCc2ccc(N(C)C)cc2)C(C)C)cc1. The zero-order valence-electron chi connectivity index (χ0n) is 17.2. The van der Waals surface area contributed by atoms with Gasteiger partial charge >= 0.3 is 0 Å². The van der Waals surface area contributed by atoms with Crippen molar-refractivity contribution < 1.29 is 14.3 Å². The smallest absolute Gasteiger partial charge is 0.251 e. The normalized spacial score (nSPS) is 11.6. The molecule has 2 rings (SSSR count). The van der Waals surface area contributed by atoms with E-state index in [-0.39, 0.29) is 17.7 Å². The van der Waals surface area contributed by atoms with Gasteiger partial charge in [0.2, 0.25) is 5.91 Å². The van der Waals surface area contributed by atoms with Crippen molar-refractivity contribution in [2.24, 2.45) is 5.92 Å². The summed E-state index contributed by atoms with van der Waals surface area (Å²) in [6.07, 6.45) is 0. The predicted octanol–water partition coefficient (Wildman–Crippen LogP) is 2.83. The van der Waals surface area contributed by atoms with Gasteiger partial charge in [-0.15, -0.1) is 0 Å². The lowest BCUT2D eigenvalue weighted by Gasteiger charge is -2.22. The molecule has 0 aliphatic rings. The molecule has 2 amide bonds. The van der Waals surface area contributed by atoms with E-state index in [1.165, 1.54) is 0 Å². The lowest BCUT2D eigenvalue weighted by atomic mass is 10.0. The molecular formula is C22H29N3O3. The van der Waals surface area contributed by atoms with E-state index >= 15 is 0 Å². The Bertz CT molecular complexity index is 784. The van der Waals surface area contributed by atoms with E-state index in [0.717, 1.165) is 11.3 Å². The molecule has 1 atom stereocenters. The molecule has 0 aliphatic carbocycles. The molecule has 6 heteroatoms. The third kappa shape index (κ3) is 5.74. The summed E-state index contributed by atoms with van der Waals surface area (Å²) in [4.78, 5) is 27.2. The molecule has 28 heavy (non-hydrogen) atoms. The monoisotopic (exact) mass is 383 g/mol. The highest BCUT2D eigenvalue weighted by molar-refractivity contribution is 5.97. The van der Waals surface area contributed by atoms with Crippen LogP contribution in [0.1, 0.15) is 29.8 Å². The van der Waals surface area contributed by atoms with Gasteiger partial charge in [0.25, 0.3) is 5.91 Å². The summed E-state index contributed by atoms with van der Waals surface area (Å²) in [5, 5.41) is 5.75. The van der Waals surface area contributed by atoms with Crippen LogP contribution in [0.4, 0.5) is 5.69 Å². The van der Waals surface area contributed by atoms with Crippen molar-refractivity contribution in [3.63, 3.8) is 0 Å². The highest BCUT2D eigenvalue weighted by atomic mass is 16.5. The van der Waals surface area contributed by atoms with Crippen molar-refractivity contribution in [1.82, 2.24) is 10.6 Å². The summed E-state index contributed by atoms with van der Waals surface area (Å²) < 4.78 is 5.10. The maximum Gasteiger partial charge on any atom is 0.251 e. The third-order valence-electron chi connectivity index (χ3n) is 4.51. The van der Waals surface area contributed by atoms with Gasteiger partial charge in [0, 0.05) is 31.9 Å². The second-order valence-corrected chi connectivity index (χ2v) is 7.20. The van der Waals surface area contributed by atoms with Crippen LogP contribution in [0.15, 0.2) is 48.5 Å². The molecule has 0 saturated heterocycles. The van der Waals surface area contributed by atoms with Crippen molar-refractivity contribution in [2.45, 2.75) is 26.4 Å². The lowest BCUT2D eigenvalue weighted by molar-refractivity contribution is -0.124. The number of ether oxygens (including phenoxy) is 1. The van der Waals surface area contributed by atoms with Gasteiger partial charge in [0.15, 0.2) is 0 Å². The highest BCUT2D eigenvalue weighted by Gasteiger charge is 2.24. The van der Waals surface area contributed by atoms with E-state index in [4.69, 9.17) is 4.74 Å². The van der Waals surface area contributed by atoms with Crippen molar-refractivity contribution in [3.8, 4) is 5.75 Å². The van der Waals surface area contributed by atoms with Gasteiger partial charge in [-0.25, -0.2) is 0 Å². The van der Waals surface area contributed by atoms with E-state index in [1.807, 2.05) is 57.1 Å². The molecule has 2 aromatic rings. The first-order valence-electron chi connectivity index (χ1n) is 9.30. The maximum absolute atomic E-state index is 12.6. The van der Waals surface area contributed by atoms with Gasteiger partial charge < -0.3 is 20.3 Å². The summed E-state index contributed by atoms with van der Waals surface area (Å²) in [6, 6.07) is 14.2. The first-order valence-corrected chi connectivity index (χ1v) is 9.30. The van der Waals surface area contributed by atoms with Gasteiger partial charge in [-0.2, -0.15) is 0 Å². The van der Waals surface area contributed by atoms with Crippen LogP contribution in [0.2, 0.25) is 0 Å². The zero-order valence-corrected chi connectivity index (χ0v) is 17.2. The van der Waals surface area contributed by atoms with Gasteiger partial charge in [-0.05, 0) is 47.9 Å². The molecule has 0 unspecified atom stereocenters. The van der Waals surface area contributed by atoms with Crippen molar-refractivity contribution in [3.05, 3.63) is 59.7 Å². The Balaban J connectivity index is 1.97. The van der Waals surface area contributed by atoms with E-state index < -0.39 is 6.04 Å². The van der Waals surface area contributed by atoms with Crippen LogP contribution in [0.5, 0.6) is 5.75 Å². The van der Waals surface area contributed by atoms with Crippen LogP contribution in [0.25, 0.3) is 0 Å². The minimum Gasteiger partial charge on any atom is -0.497 e. The number of amides is 2. The molecule has 0 saturated carbocycles. The summed E-state index contributed by atoms with van der Waals surface area (Å²) in [5.41, 5.74) is 2.59. The molecule has 0 heterocycles. The van der Waals surface area contributed by atoms with E-state index in [2.05, 4.69) is 10.6 Å². The fourth-order valence-electron chi connectivity index (χ4n) is 2.71. The van der Waals surface area contributed by atoms with Gasteiger partial charge in [-0.1, -0.05) is 26.0 Å². The van der Waals surface area contributed by atoms with Gasteiger partial charge in [0.05, 0.1) is 7.11 Å². The Morgan fingerprint density at radius 2 is 1.61 bits per heavy atom. The van der Waals surface area contributed by atoms with Crippen LogP contribution in [-0.2, 0) is 11.3 Å². The quantitative estimate of drug-likeness (QED) is 0.735. The topological polar surface area (TPSA) is 70.7 Å². The number of benzene rings is 2. The molecular weight excluding hydrogens is 354 g/mol. The summed E-state index contributed by atoms with van der Waals surface area (Å²) >= 11 is 0. The first-order chi connectivity index (χ1) is 13.3. The van der Waals surface area contributed by atoms with Crippen LogP contribution in [-0.4, -0.2) is 39.1 Å². The number of nitrogens with zero attached hydrogens (tertiary/aromatic N) is 1. The fraction of sp³-hybridized carbons (Fsp3) is 0.364. The van der Waals surface area contributed by atoms with Crippen molar-refractivity contribution in [1.29, 1.82) is 0 Å². The Morgan fingerprint density at radius 3 is 2.11 bits per heavy atom. The number of methoxy groups -OCH3 is 1. The number of carbonyl (C=O) groups excluding carboxylic acids is 2. The van der Waals surface area contributed by atoms with Crippen LogP contribution in [0, 0.1) is 5.92 Å².